The summed E-state index contributed by atoms with van der Waals surface area (Å²) in [5.41, 5.74) is 5.84. The fourth-order valence-corrected chi connectivity index (χ4v) is 1.73. The number of anilines is 1. The highest BCUT2D eigenvalue weighted by Crippen LogP contribution is 2.31. The van der Waals surface area contributed by atoms with Gasteiger partial charge in [-0.15, -0.1) is 0 Å². The molecule has 0 radical (unpaired) electrons. The molecule has 17 heavy (non-hydrogen) atoms. The predicted molar refractivity (Wildman–Crippen MR) is 67.9 cm³/mol. The van der Waals surface area contributed by atoms with Gasteiger partial charge >= 0.3 is 0 Å². The van der Waals surface area contributed by atoms with Crippen molar-refractivity contribution in [3.8, 4) is 0 Å². The first-order chi connectivity index (χ1) is 7.82. The van der Waals surface area contributed by atoms with Gasteiger partial charge in [-0.1, -0.05) is 37.0 Å². The fourth-order valence-electron chi connectivity index (χ4n) is 1.17. The van der Waals surface area contributed by atoms with Crippen molar-refractivity contribution in [1.82, 2.24) is 0 Å². The molecule has 0 spiro atoms. The summed E-state index contributed by atoms with van der Waals surface area (Å²) < 4.78 is 12.9. The lowest BCUT2D eigenvalue weighted by molar-refractivity contribution is -0.118. The van der Waals surface area contributed by atoms with Crippen molar-refractivity contribution in [2.75, 3.05) is 5.32 Å². The average molecular weight is 279 g/mol. The lowest BCUT2D eigenvalue weighted by Crippen LogP contribution is -2.39. The number of halogens is 3. The van der Waals surface area contributed by atoms with E-state index in [1.165, 1.54) is 0 Å². The van der Waals surface area contributed by atoms with Crippen molar-refractivity contribution >= 4 is 34.8 Å². The number of nitrogens with one attached hydrogen (secondary N) is 1. The van der Waals surface area contributed by atoms with Gasteiger partial charge < -0.3 is 11.1 Å². The van der Waals surface area contributed by atoms with Crippen molar-refractivity contribution in [3.63, 3.8) is 0 Å². The van der Waals surface area contributed by atoms with Crippen molar-refractivity contribution < 1.29 is 9.18 Å². The predicted octanol–water partition coefficient (Wildman–Crippen LogP) is 3.05. The monoisotopic (exact) mass is 278 g/mol. The summed E-state index contributed by atoms with van der Waals surface area (Å²) in [6, 6.07) is 1.47. The summed E-state index contributed by atoms with van der Waals surface area (Å²) in [6.45, 7) is 3.64. The highest BCUT2D eigenvalue weighted by molar-refractivity contribution is 6.39. The van der Waals surface area contributed by atoms with Crippen LogP contribution in [0.15, 0.2) is 12.1 Å². The molecule has 0 saturated carbocycles. The average Bonchev–Trinajstić information content (AvgIpc) is 2.21. The number of carbonyl (C=O) groups is 1. The molecular formula is C11H13Cl2FN2O. The second kappa shape index (κ2) is 5.67. The molecular weight excluding hydrogens is 266 g/mol. The van der Waals surface area contributed by atoms with Gasteiger partial charge in [0.25, 0.3) is 0 Å². The van der Waals surface area contributed by atoms with Crippen molar-refractivity contribution in [1.29, 1.82) is 0 Å². The van der Waals surface area contributed by atoms with Crippen LogP contribution < -0.4 is 11.1 Å². The lowest BCUT2D eigenvalue weighted by atomic mass is 10.0. The highest BCUT2D eigenvalue weighted by Gasteiger charge is 2.19. The molecule has 0 aliphatic rings. The number of amides is 1. The third kappa shape index (κ3) is 3.56. The van der Waals surface area contributed by atoms with Crippen molar-refractivity contribution in [3.05, 3.63) is 28.0 Å². The molecule has 0 fully saturated rings. The van der Waals surface area contributed by atoms with Crippen LogP contribution in [0.4, 0.5) is 10.1 Å². The summed E-state index contributed by atoms with van der Waals surface area (Å²) in [7, 11) is 0. The molecule has 1 rings (SSSR count). The Labute approximate surface area is 109 Å². The van der Waals surface area contributed by atoms with Gasteiger partial charge in [-0.05, 0) is 18.1 Å². The third-order valence-corrected chi connectivity index (χ3v) is 2.87. The van der Waals surface area contributed by atoms with Crippen LogP contribution in [-0.4, -0.2) is 11.9 Å². The molecule has 0 aliphatic heterocycles. The Morgan fingerprint density at radius 3 is 2.24 bits per heavy atom. The van der Waals surface area contributed by atoms with Crippen LogP contribution in [0.2, 0.25) is 10.0 Å². The lowest BCUT2D eigenvalue weighted by Gasteiger charge is -2.16. The molecule has 1 aromatic rings. The fraction of sp³-hybridized carbons (Fsp3) is 0.364. The van der Waals surface area contributed by atoms with Gasteiger partial charge in [-0.25, -0.2) is 4.39 Å². The van der Waals surface area contributed by atoms with Gasteiger partial charge in [0.2, 0.25) is 5.91 Å². The topological polar surface area (TPSA) is 55.1 Å². The van der Waals surface area contributed by atoms with Gasteiger partial charge in [-0.3, -0.25) is 4.79 Å². The molecule has 94 valence electrons. The maximum Gasteiger partial charge on any atom is 0.241 e. The zero-order valence-electron chi connectivity index (χ0n) is 9.43. The summed E-state index contributed by atoms with van der Waals surface area (Å²) in [5.74, 6) is -0.991. The number of hydrogen-bond acceptors (Lipinski definition) is 2. The molecule has 0 aliphatic carbocycles. The number of rotatable bonds is 3. The standard InChI is InChI=1S/C11H13Cl2FN2O/c1-5(2)9(15)11(17)16-10-7(12)3-6(14)4-8(10)13/h3-5,9H,15H2,1-2H3,(H,16,17). The van der Waals surface area contributed by atoms with E-state index in [9.17, 15) is 9.18 Å². The second-order valence-electron chi connectivity index (χ2n) is 4.00. The third-order valence-electron chi connectivity index (χ3n) is 2.28. The zero-order chi connectivity index (χ0) is 13.2. The largest absolute Gasteiger partial charge is 0.322 e. The molecule has 0 heterocycles. The first-order valence-electron chi connectivity index (χ1n) is 5.04. The van der Waals surface area contributed by atoms with E-state index >= 15 is 0 Å². The van der Waals surface area contributed by atoms with Crippen LogP contribution in [-0.2, 0) is 4.79 Å². The number of benzene rings is 1. The molecule has 1 amide bonds. The Kier molecular flexibility index (Phi) is 4.74. The maximum absolute atomic E-state index is 12.9. The molecule has 1 atom stereocenters. The van der Waals surface area contributed by atoms with Gasteiger partial charge in [0, 0.05) is 0 Å². The van der Waals surface area contributed by atoms with E-state index in [2.05, 4.69) is 5.32 Å². The minimum absolute atomic E-state index is 0.0204. The molecule has 3 nitrogen and oxygen atoms in total. The minimum Gasteiger partial charge on any atom is -0.322 e. The molecule has 1 aromatic carbocycles. The van der Waals surface area contributed by atoms with E-state index < -0.39 is 17.8 Å². The summed E-state index contributed by atoms with van der Waals surface area (Å²) in [5, 5.41) is 2.57. The smallest absolute Gasteiger partial charge is 0.241 e. The SMILES string of the molecule is CC(C)C(N)C(=O)Nc1c(Cl)cc(F)cc1Cl. The highest BCUT2D eigenvalue weighted by atomic mass is 35.5. The molecule has 1 unspecified atom stereocenters. The first-order valence-corrected chi connectivity index (χ1v) is 5.79. The molecule has 0 saturated heterocycles. The second-order valence-corrected chi connectivity index (χ2v) is 4.82. The van der Waals surface area contributed by atoms with Gasteiger partial charge in [-0.2, -0.15) is 0 Å². The Morgan fingerprint density at radius 1 is 1.35 bits per heavy atom. The molecule has 0 bridgehead atoms. The number of carbonyl (C=O) groups excluding carboxylic acids is 1. The van der Waals surface area contributed by atoms with E-state index in [-0.39, 0.29) is 21.7 Å². The van der Waals surface area contributed by atoms with Crippen molar-refractivity contribution in [2.24, 2.45) is 11.7 Å². The van der Waals surface area contributed by atoms with E-state index in [1.54, 1.807) is 0 Å². The van der Waals surface area contributed by atoms with Crippen LogP contribution in [0.1, 0.15) is 13.8 Å². The Balaban J connectivity index is 2.93. The van der Waals surface area contributed by atoms with Crippen molar-refractivity contribution in [2.45, 2.75) is 19.9 Å². The molecule has 3 N–H and O–H groups in total. The van der Waals surface area contributed by atoms with E-state index in [1.807, 2.05) is 13.8 Å². The van der Waals surface area contributed by atoms with Crippen LogP contribution in [0, 0.1) is 11.7 Å². The van der Waals surface area contributed by atoms with E-state index in [4.69, 9.17) is 28.9 Å². The van der Waals surface area contributed by atoms with Crippen LogP contribution in [0.5, 0.6) is 0 Å². The Morgan fingerprint density at radius 2 is 1.82 bits per heavy atom. The first kappa shape index (κ1) is 14.2. The summed E-state index contributed by atoms with van der Waals surface area (Å²) in [4.78, 5) is 11.7. The van der Waals surface area contributed by atoms with E-state index in [0.717, 1.165) is 12.1 Å². The van der Waals surface area contributed by atoms with Crippen LogP contribution in [0.25, 0.3) is 0 Å². The number of hydrogen-bond donors (Lipinski definition) is 2. The molecule has 6 heteroatoms. The zero-order valence-corrected chi connectivity index (χ0v) is 10.9. The van der Waals surface area contributed by atoms with Crippen LogP contribution in [0.3, 0.4) is 0 Å². The summed E-state index contributed by atoms with van der Waals surface area (Å²) >= 11 is 11.6. The molecule has 0 aromatic heterocycles. The normalized spacial score (nSPS) is 12.6. The van der Waals surface area contributed by atoms with Gasteiger partial charge in [0.1, 0.15) is 5.82 Å². The summed E-state index contributed by atoms with van der Waals surface area (Å²) in [6.07, 6.45) is 0. The quantitative estimate of drug-likeness (QED) is 0.893. The minimum atomic E-state index is -0.674. The Bertz CT molecular complexity index is 414. The number of nitrogens with two attached hydrogens (primary N) is 1. The van der Waals surface area contributed by atoms with Gasteiger partial charge in [0.05, 0.1) is 21.8 Å². The Hall–Kier alpha value is -0.840. The van der Waals surface area contributed by atoms with E-state index in [0.29, 0.717) is 0 Å². The maximum atomic E-state index is 12.9. The van der Waals surface area contributed by atoms with Crippen LogP contribution >= 0.6 is 23.2 Å². The van der Waals surface area contributed by atoms with Gasteiger partial charge in [0.15, 0.2) is 0 Å².